The third-order valence-electron chi connectivity index (χ3n) is 3.19. The van der Waals surface area contributed by atoms with Gasteiger partial charge in [-0.2, -0.15) is 0 Å². The van der Waals surface area contributed by atoms with Gasteiger partial charge in [-0.1, -0.05) is 29.8 Å². The van der Waals surface area contributed by atoms with Crippen molar-refractivity contribution in [2.24, 2.45) is 0 Å². The molecule has 0 aliphatic carbocycles. The summed E-state index contributed by atoms with van der Waals surface area (Å²) in [6.07, 6.45) is 4.79. The zero-order valence-corrected chi connectivity index (χ0v) is 10.9. The van der Waals surface area contributed by atoms with Gasteiger partial charge < -0.3 is 4.40 Å². The van der Waals surface area contributed by atoms with Crippen LogP contribution in [0, 0.1) is 13.8 Å². The lowest BCUT2D eigenvalue weighted by Crippen LogP contribution is -1.91. The molecule has 19 heavy (non-hydrogen) atoms. The Bertz CT molecular complexity index is 754. The van der Waals surface area contributed by atoms with Gasteiger partial charge in [0.1, 0.15) is 5.65 Å². The van der Waals surface area contributed by atoms with E-state index in [1.165, 1.54) is 5.56 Å². The van der Waals surface area contributed by atoms with Gasteiger partial charge in [-0.05, 0) is 25.5 Å². The van der Waals surface area contributed by atoms with Gasteiger partial charge in [0.25, 0.3) is 0 Å². The maximum Gasteiger partial charge on any atom is 0.153 e. The van der Waals surface area contributed by atoms with E-state index in [2.05, 4.69) is 24.0 Å². The van der Waals surface area contributed by atoms with Crippen LogP contribution in [0.3, 0.4) is 0 Å². The maximum atomic E-state index is 11.1. The highest BCUT2D eigenvalue weighted by Crippen LogP contribution is 2.21. The van der Waals surface area contributed by atoms with Gasteiger partial charge in [0.15, 0.2) is 6.29 Å². The van der Waals surface area contributed by atoms with E-state index < -0.39 is 0 Å². The Morgan fingerprint density at radius 1 is 1.05 bits per heavy atom. The molecule has 3 aromatic rings. The van der Waals surface area contributed by atoms with Crippen LogP contribution in [0.5, 0.6) is 0 Å². The predicted molar refractivity (Wildman–Crippen MR) is 75.5 cm³/mol. The van der Waals surface area contributed by atoms with Crippen LogP contribution in [0.2, 0.25) is 0 Å². The first-order valence-corrected chi connectivity index (χ1v) is 6.19. The zero-order valence-electron chi connectivity index (χ0n) is 10.9. The van der Waals surface area contributed by atoms with Crippen molar-refractivity contribution in [3.8, 4) is 11.3 Å². The second-order valence-electron chi connectivity index (χ2n) is 4.81. The summed E-state index contributed by atoms with van der Waals surface area (Å²) in [7, 11) is 0. The number of aldehydes is 1. The number of benzene rings is 1. The molecule has 0 unspecified atom stereocenters. The molecule has 0 aliphatic rings. The van der Waals surface area contributed by atoms with Crippen molar-refractivity contribution in [2.75, 3.05) is 0 Å². The molecule has 2 aromatic heterocycles. The van der Waals surface area contributed by atoms with Gasteiger partial charge >= 0.3 is 0 Å². The van der Waals surface area contributed by atoms with Crippen molar-refractivity contribution >= 4 is 11.9 Å². The smallest absolute Gasteiger partial charge is 0.153 e. The van der Waals surface area contributed by atoms with E-state index in [1.54, 1.807) is 0 Å². The molecule has 0 atom stereocenters. The predicted octanol–water partition coefficient (Wildman–Crippen LogP) is 3.43. The van der Waals surface area contributed by atoms with Crippen molar-refractivity contribution < 1.29 is 4.79 Å². The Morgan fingerprint density at radius 2 is 1.79 bits per heavy atom. The zero-order chi connectivity index (χ0) is 13.4. The molecule has 3 rings (SSSR count). The number of hydrogen-bond acceptors (Lipinski definition) is 2. The first-order chi connectivity index (χ1) is 9.17. The highest BCUT2D eigenvalue weighted by atomic mass is 16.1. The summed E-state index contributed by atoms with van der Waals surface area (Å²) in [5.74, 6) is 0. The van der Waals surface area contributed by atoms with Crippen LogP contribution in [0.1, 0.15) is 21.5 Å². The van der Waals surface area contributed by atoms with E-state index in [4.69, 9.17) is 0 Å². The Labute approximate surface area is 111 Å². The molecule has 0 radical (unpaired) electrons. The standard InChI is InChI=1S/C16H14N2O/c1-11-3-5-13(6-4-11)15-9-18-8-12(2)7-14(10-19)16(18)17-15/h3-10H,1-2H3. The molecular weight excluding hydrogens is 236 g/mol. The highest BCUT2D eigenvalue weighted by Gasteiger charge is 2.08. The minimum atomic E-state index is 0.623. The topological polar surface area (TPSA) is 34.4 Å². The van der Waals surface area contributed by atoms with E-state index >= 15 is 0 Å². The monoisotopic (exact) mass is 250 g/mol. The van der Waals surface area contributed by atoms with E-state index in [9.17, 15) is 4.79 Å². The van der Waals surface area contributed by atoms with E-state index in [-0.39, 0.29) is 0 Å². The summed E-state index contributed by atoms with van der Waals surface area (Å²) in [4.78, 5) is 15.7. The summed E-state index contributed by atoms with van der Waals surface area (Å²) in [5.41, 5.74) is 5.53. The lowest BCUT2D eigenvalue weighted by Gasteiger charge is -1.98. The molecule has 0 N–H and O–H groups in total. The van der Waals surface area contributed by atoms with Crippen LogP contribution < -0.4 is 0 Å². The number of nitrogens with zero attached hydrogens (tertiary/aromatic N) is 2. The number of pyridine rings is 1. The third kappa shape index (κ3) is 2.03. The van der Waals surface area contributed by atoms with E-state index in [1.807, 2.05) is 41.9 Å². The van der Waals surface area contributed by atoms with E-state index in [0.29, 0.717) is 11.2 Å². The first-order valence-electron chi connectivity index (χ1n) is 6.19. The molecule has 0 saturated carbocycles. The highest BCUT2D eigenvalue weighted by molar-refractivity contribution is 5.85. The average molecular weight is 250 g/mol. The second kappa shape index (κ2) is 4.35. The van der Waals surface area contributed by atoms with Crippen LogP contribution in [0.25, 0.3) is 16.9 Å². The lowest BCUT2D eigenvalue weighted by molar-refractivity contribution is 0.112. The summed E-state index contributed by atoms with van der Waals surface area (Å²) in [6.45, 7) is 4.03. The SMILES string of the molecule is Cc1ccc(-c2cn3cc(C)cc(C=O)c3n2)cc1. The summed E-state index contributed by atoms with van der Waals surface area (Å²) < 4.78 is 1.91. The molecule has 94 valence electrons. The Kier molecular flexibility index (Phi) is 2.67. The molecule has 0 amide bonds. The van der Waals surface area contributed by atoms with Crippen molar-refractivity contribution in [3.05, 3.63) is 59.4 Å². The molecule has 0 spiro atoms. The molecule has 1 aromatic carbocycles. The van der Waals surface area contributed by atoms with Gasteiger partial charge in [0.2, 0.25) is 0 Å². The second-order valence-corrected chi connectivity index (χ2v) is 4.81. The molecule has 0 fully saturated rings. The van der Waals surface area contributed by atoms with Crippen molar-refractivity contribution in [1.82, 2.24) is 9.38 Å². The van der Waals surface area contributed by atoms with Crippen molar-refractivity contribution in [1.29, 1.82) is 0 Å². The number of aryl methyl sites for hydroxylation is 2. The van der Waals surface area contributed by atoms with Crippen LogP contribution in [-0.4, -0.2) is 15.7 Å². The minimum Gasteiger partial charge on any atom is -0.306 e. The van der Waals surface area contributed by atoms with Crippen LogP contribution in [-0.2, 0) is 0 Å². The fourth-order valence-corrected chi connectivity index (χ4v) is 2.22. The average Bonchev–Trinajstić information content (AvgIpc) is 2.82. The Morgan fingerprint density at radius 3 is 2.47 bits per heavy atom. The number of fused-ring (bicyclic) bond motifs is 1. The number of hydrogen-bond donors (Lipinski definition) is 0. The Balaban J connectivity index is 2.21. The molecule has 0 saturated heterocycles. The number of rotatable bonds is 2. The van der Waals surface area contributed by atoms with Gasteiger partial charge in [0, 0.05) is 18.0 Å². The largest absolute Gasteiger partial charge is 0.306 e. The molecule has 0 bridgehead atoms. The van der Waals surface area contributed by atoms with E-state index in [0.717, 1.165) is 23.1 Å². The Hall–Kier alpha value is -2.42. The van der Waals surface area contributed by atoms with Gasteiger partial charge in [-0.25, -0.2) is 4.98 Å². The van der Waals surface area contributed by atoms with Crippen LogP contribution >= 0.6 is 0 Å². The summed E-state index contributed by atoms with van der Waals surface area (Å²) in [6, 6.07) is 10.1. The number of imidazole rings is 1. The first kappa shape index (κ1) is 11.7. The molecule has 3 heteroatoms. The van der Waals surface area contributed by atoms with Gasteiger partial charge in [-0.3, -0.25) is 4.79 Å². The summed E-state index contributed by atoms with van der Waals surface area (Å²) >= 11 is 0. The molecule has 0 aliphatic heterocycles. The third-order valence-corrected chi connectivity index (χ3v) is 3.19. The number of carbonyl (C=O) groups excluding carboxylic acids is 1. The summed E-state index contributed by atoms with van der Waals surface area (Å²) in [5, 5.41) is 0. The van der Waals surface area contributed by atoms with Crippen molar-refractivity contribution in [3.63, 3.8) is 0 Å². The fraction of sp³-hybridized carbons (Fsp3) is 0.125. The minimum absolute atomic E-state index is 0.623. The molecule has 3 nitrogen and oxygen atoms in total. The van der Waals surface area contributed by atoms with Crippen LogP contribution in [0.4, 0.5) is 0 Å². The number of aromatic nitrogens is 2. The molecule has 2 heterocycles. The quantitative estimate of drug-likeness (QED) is 0.653. The van der Waals surface area contributed by atoms with Gasteiger partial charge in [0.05, 0.1) is 11.3 Å². The normalized spacial score (nSPS) is 10.8. The lowest BCUT2D eigenvalue weighted by atomic mass is 10.1. The number of carbonyl (C=O) groups is 1. The maximum absolute atomic E-state index is 11.1. The molecular formula is C16H14N2O. The van der Waals surface area contributed by atoms with Crippen LogP contribution in [0.15, 0.2) is 42.7 Å². The fourth-order valence-electron chi connectivity index (χ4n) is 2.22. The van der Waals surface area contributed by atoms with Gasteiger partial charge in [-0.15, -0.1) is 0 Å². The van der Waals surface area contributed by atoms with Crippen molar-refractivity contribution in [2.45, 2.75) is 13.8 Å².